The molecule has 34 heavy (non-hydrogen) atoms. The Morgan fingerprint density at radius 2 is 0.941 bits per heavy atom. The van der Waals surface area contributed by atoms with Gasteiger partial charge in [-0.15, -0.1) is 0 Å². The molecule has 0 fully saturated rings. The molecule has 4 aromatic rings. The van der Waals surface area contributed by atoms with Crippen LogP contribution >= 0.6 is 19.4 Å². The Morgan fingerprint density at radius 1 is 0.618 bits per heavy atom. The van der Waals surface area contributed by atoms with Crippen LogP contribution in [0.2, 0.25) is 0 Å². The second-order valence-corrected chi connectivity index (χ2v) is 13.4. The molecule has 0 saturated carbocycles. The Labute approximate surface area is 217 Å². The summed E-state index contributed by atoms with van der Waals surface area (Å²) in [5, 5.41) is 0. The molecule has 0 N–H and O–H groups in total. The molecule has 4 rings (SSSR count). The monoisotopic (exact) mass is 579 g/mol. The Kier molecular flexibility index (Phi) is 14.2. The fourth-order valence-corrected chi connectivity index (χ4v) is 3.94. The van der Waals surface area contributed by atoms with Crippen molar-refractivity contribution < 1.29 is 13.5 Å². The van der Waals surface area contributed by atoms with Crippen molar-refractivity contribution in [1.82, 2.24) is 9.97 Å². The summed E-state index contributed by atoms with van der Waals surface area (Å²) in [5.74, 6) is 0. The van der Waals surface area contributed by atoms with E-state index in [0.717, 1.165) is 0 Å². The van der Waals surface area contributed by atoms with Gasteiger partial charge in [0.25, 0.3) is 0 Å². The second kappa shape index (κ2) is 16.3. The Bertz CT molecular complexity index is 968. The third-order valence-electron chi connectivity index (χ3n) is 4.14. The third-order valence-corrected chi connectivity index (χ3v) is 5.68. The number of aromatic nitrogens is 2. The van der Waals surface area contributed by atoms with E-state index < -0.39 is 13.5 Å². The molecule has 2 aromatic carbocycles. The van der Waals surface area contributed by atoms with Crippen LogP contribution in [0.25, 0.3) is 22.3 Å². The maximum atomic E-state index is 5.55. The zero-order valence-electron chi connectivity index (χ0n) is 20.0. The van der Waals surface area contributed by atoms with Crippen molar-refractivity contribution in [2.45, 2.75) is 20.8 Å². The van der Waals surface area contributed by atoms with E-state index >= 15 is 0 Å². The number of rotatable bonds is 2. The number of hydrogen-bond donors (Lipinski definition) is 0. The minimum Gasteiger partial charge on any atom is -0.358 e. The standard InChI is InChI=1S/2C11H9N.C6H10.CH3.2ClH.Ru/c2*1-2-4-10(5-3-1)11-6-8-12-9-7-11;1-5-6(2,3)4;;;;/h2*1-9H;5H,2-4H3;1H3;2*1H;/q;;;-1;;;+2/p-2. The molecule has 0 radical (unpaired) electrons. The molecule has 0 atom stereocenters. The number of allylic oxidation sites excluding steroid dienone is 1. The van der Waals surface area contributed by atoms with E-state index in [1.165, 1.54) is 22.3 Å². The fourth-order valence-electron chi connectivity index (χ4n) is 2.54. The molecular formula is C29H31Cl2N2Ru-. The van der Waals surface area contributed by atoms with Crippen LogP contribution in [-0.2, 0) is 13.5 Å². The minimum atomic E-state index is -1.67. The van der Waals surface area contributed by atoms with Crippen LogP contribution in [0.3, 0.4) is 0 Å². The van der Waals surface area contributed by atoms with Crippen molar-refractivity contribution in [2.24, 2.45) is 5.41 Å². The molecule has 0 bridgehead atoms. The SMILES string of the molecule is CC(C)(C)C=[C]=[Ru]([Cl])[Cl].[CH3-].c1ccc(-c2ccncc2)cc1.c1ccc(-c2ccncc2)cc1. The van der Waals surface area contributed by atoms with Crippen LogP contribution in [-0.4, -0.2) is 14.2 Å². The van der Waals surface area contributed by atoms with Crippen molar-refractivity contribution in [3.8, 4) is 22.3 Å². The molecule has 0 unspecified atom stereocenters. The summed E-state index contributed by atoms with van der Waals surface area (Å²) in [6.07, 6.45) is 9.17. The summed E-state index contributed by atoms with van der Waals surface area (Å²) in [6, 6.07) is 28.6. The first-order chi connectivity index (χ1) is 15.8. The average molecular weight is 580 g/mol. The molecule has 0 aliphatic rings. The van der Waals surface area contributed by atoms with Gasteiger partial charge in [0, 0.05) is 24.8 Å². The van der Waals surface area contributed by atoms with Gasteiger partial charge in [-0.1, -0.05) is 60.7 Å². The quantitative estimate of drug-likeness (QED) is 0.175. The van der Waals surface area contributed by atoms with E-state index in [4.69, 9.17) is 19.4 Å². The molecule has 2 aromatic heterocycles. The van der Waals surface area contributed by atoms with Crippen LogP contribution in [0.4, 0.5) is 0 Å². The van der Waals surface area contributed by atoms with E-state index in [-0.39, 0.29) is 12.8 Å². The number of hydrogen-bond acceptors (Lipinski definition) is 2. The predicted octanol–water partition coefficient (Wildman–Crippen LogP) is 8.86. The number of benzene rings is 2. The van der Waals surface area contributed by atoms with Gasteiger partial charge in [0.15, 0.2) is 0 Å². The summed E-state index contributed by atoms with van der Waals surface area (Å²) < 4.78 is 2.93. The topological polar surface area (TPSA) is 25.8 Å². The summed E-state index contributed by atoms with van der Waals surface area (Å²) in [4.78, 5) is 7.94. The Hall–Kier alpha value is -2.41. The normalized spacial score (nSPS) is 10.1. The summed E-state index contributed by atoms with van der Waals surface area (Å²) >= 11 is -1.67. The number of halogens is 2. The van der Waals surface area contributed by atoms with Gasteiger partial charge in [0.1, 0.15) is 0 Å². The first kappa shape index (κ1) is 29.6. The molecule has 2 nitrogen and oxygen atoms in total. The molecule has 0 aliphatic heterocycles. The van der Waals surface area contributed by atoms with Gasteiger partial charge in [-0.3, -0.25) is 9.97 Å². The largest absolute Gasteiger partial charge is 0.358 e. The summed E-state index contributed by atoms with van der Waals surface area (Å²) in [6.45, 7) is 6.27. The maximum absolute atomic E-state index is 5.55. The van der Waals surface area contributed by atoms with Crippen molar-refractivity contribution in [3.63, 3.8) is 0 Å². The van der Waals surface area contributed by atoms with Crippen LogP contribution in [0.1, 0.15) is 20.8 Å². The van der Waals surface area contributed by atoms with Crippen LogP contribution in [0.5, 0.6) is 0 Å². The van der Waals surface area contributed by atoms with E-state index in [1.54, 1.807) is 0 Å². The molecule has 0 spiro atoms. The van der Waals surface area contributed by atoms with E-state index in [1.807, 2.05) is 91.5 Å². The minimum absolute atomic E-state index is 0. The van der Waals surface area contributed by atoms with Gasteiger partial charge in [-0.05, 0) is 46.5 Å². The zero-order chi connectivity index (χ0) is 23.9. The molecular weight excluding hydrogens is 548 g/mol. The van der Waals surface area contributed by atoms with Crippen molar-refractivity contribution in [3.05, 3.63) is 123 Å². The zero-order valence-corrected chi connectivity index (χ0v) is 23.2. The maximum Gasteiger partial charge on any atom is 0.0273 e. The van der Waals surface area contributed by atoms with Crippen LogP contribution in [0.15, 0.2) is 116 Å². The number of pyridine rings is 2. The molecule has 5 heteroatoms. The third kappa shape index (κ3) is 12.7. The van der Waals surface area contributed by atoms with Gasteiger partial charge in [-0.25, -0.2) is 0 Å². The van der Waals surface area contributed by atoms with Crippen LogP contribution in [0, 0.1) is 12.8 Å². The summed E-state index contributed by atoms with van der Waals surface area (Å²) in [5.41, 5.74) is 5.06. The Balaban J connectivity index is 0.000000255. The molecule has 2 heterocycles. The van der Waals surface area contributed by atoms with Crippen molar-refractivity contribution in [2.75, 3.05) is 0 Å². The number of nitrogens with zero attached hydrogens (tertiary/aromatic N) is 2. The van der Waals surface area contributed by atoms with Crippen molar-refractivity contribution >= 4 is 23.6 Å². The molecule has 0 saturated heterocycles. The van der Waals surface area contributed by atoms with Gasteiger partial charge in [0.05, 0.1) is 0 Å². The van der Waals surface area contributed by atoms with Crippen molar-refractivity contribution in [1.29, 1.82) is 0 Å². The predicted molar refractivity (Wildman–Crippen MR) is 146 cm³/mol. The van der Waals surface area contributed by atoms with Gasteiger partial charge in [-0.2, -0.15) is 0 Å². The van der Waals surface area contributed by atoms with Crippen LogP contribution < -0.4 is 0 Å². The van der Waals surface area contributed by atoms with E-state index in [9.17, 15) is 0 Å². The van der Waals surface area contributed by atoms with E-state index in [2.05, 4.69) is 59.3 Å². The first-order valence-electron chi connectivity index (χ1n) is 10.4. The molecule has 0 amide bonds. The average Bonchev–Trinajstić information content (AvgIpc) is 2.85. The Morgan fingerprint density at radius 3 is 1.21 bits per heavy atom. The van der Waals surface area contributed by atoms with Gasteiger partial charge in [0.2, 0.25) is 0 Å². The van der Waals surface area contributed by atoms with E-state index in [0.29, 0.717) is 0 Å². The second-order valence-electron chi connectivity index (χ2n) is 8.00. The smallest absolute Gasteiger partial charge is 0.0273 e. The first-order valence-corrected chi connectivity index (χ1v) is 15.7. The summed E-state index contributed by atoms with van der Waals surface area (Å²) in [7, 11) is 11.1. The van der Waals surface area contributed by atoms with Gasteiger partial charge >= 0.3 is 69.4 Å². The van der Waals surface area contributed by atoms with Gasteiger partial charge < -0.3 is 7.43 Å². The molecule has 0 aliphatic carbocycles. The molecule has 180 valence electrons. The fraction of sp³-hybridized carbons (Fsp3) is 0.138.